The zero-order valence-electron chi connectivity index (χ0n) is 15.7. The van der Waals surface area contributed by atoms with Gasteiger partial charge in [-0.3, -0.25) is 4.98 Å². The van der Waals surface area contributed by atoms with Crippen LogP contribution in [-0.4, -0.2) is 52.1 Å². The molecule has 0 spiro atoms. The first-order valence-electron chi connectivity index (χ1n) is 8.87. The highest BCUT2D eigenvalue weighted by molar-refractivity contribution is 14.1. The van der Waals surface area contributed by atoms with Crippen molar-refractivity contribution in [1.29, 1.82) is 0 Å². The van der Waals surface area contributed by atoms with E-state index >= 15 is 0 Å². The minimum Gasteiger partial charge on any atom is -0.362 e. The van der Waals surface area contributed by atoms with E-state index in [0.29, 0.717) is 0 Å². The molecule has 140 valence electrons. The number of aromatic nitrogens is 2. The lowest BCUT2D eigenvalue weighted by atomic mass is 9.96. The second-order valence-corrected chi connectivity index (χ2v) is 8.54. The standard InChI is InChI=1S/C19H26IN5S/c1-12-15(16(20)13(2)22-12)18-17(14-8-5-6-9-21-14)23-19(26)25(18)11-7-10-24(3)4/h5-6,8-9,17-18,22H,7,10-11H2,1-4H3,(H,23,26)/t17-,18-/m1/s1. The zero-order chi connectivity index (χ0) is 18.8. The maximum atomic E-state index is 5.73. The number of thiocarbonyl (C=S) groups is 1. The quantitative estimate of drug-likeness (QED) is 0.486. The van der Waals surface area contributed by atoms with E-state index in [4.69, 9.17) is 12.2 Å². The first kappa shape index (κ1) is 19.6. The lowest BCUT2D eigenvalue weighted by Gasteiger charge is -2.29. The van der Waals surface area contributed by atoms with Crippen LogP contribution in [0.5, 0.6) is 0 Å². The minimum atomic E-state index is 0.0606. The molecule has 26 heavy (non-hydrogen) atoms. The monoisotopic (exact) mass is 483 g/mol. The van der Waals surface area contributed by atoms with E-state index in [1.54, 1.807) is 0 Å². The van der Waals surface area contributed by atoms with Gasteiger partial charge in [0, 0.05) is 33.3 Å². The summed E-state index contributed by atoms with van der Waals surface area (Å²) in [5, 5.41) is 4.35. The van der Waals surface area contributed by atoms with E-state index in [-0.39, 0.29) is 12.1 Å². The second kappa shape index (κ2) is 8.22. The topological polar surface area (TPSA) is 47.2 Å². The Morgan fingerprint density at radius 1 is 1.27 bits per heavy atom. The number of halogens is 1. The number of H-pyrrole nitrogens is 1. The van der Waals surface area contributed by atoms with Crippen molar-refractivity contribution < 1.29 is 0 Å². The third-order valence-electron chi connectivity index (χ3n) is 4.84. The molecule has 0 aliphatic carbocycles. The molecule has 0 aromatic carbocycles. The van der Waals surface area contributed by atoms with Crippen molar-refractivity contribution in [3.05, 3.63) is 50.6 Å². The van der Waals surface area contributed by atoms with E-state index in [1.807, 2.05) is 18.3 Å². The molecule has 0 saturated carbocycles. The Balaban J connectivity index is 1.99. The van der Waals surface area contributed by atoms with Gasteiger partial charge in [0.15, 0.2) is 5.11 Å². The number of pyridine rings is 1. The first-order valence-corrected chi connectivity index (χ1v) is 10.4. The third-order valence-corrected chi connectivity index (χ3v) is 6.59. The van der Waals surface area contributed by atoms with Gasteiger partial charge in [-0.1, -0.05) is 6.07 Å². The molecule has 2 aromatic heterocycles. The fraction of sp³-hybridized carbons (Fsp3) is 0.474. The van der Waals surface area contributed by atoms with E-state index < -0.39 is 0 Å². The summed E-state index contributed by atoms with van der Waals surface area (Å²) < 4.78 is 1.29. The van der Waals surface area contributed by atoms with Crippen LogP contribution in [0, 0.1) is 17.4 Å². The molecule has 1 aliphatic heterocycles. The van der Waals surface area contributed by atoms with Crippen LogP contribution in [0.2, 0.25) is 0 Å². The summed E-state index contributed by atoms with van der Waals surface area (Å²) in [7, 11) is 4.22. The molecule has 1 saturated heterocycles. The maximum Gasteiger partial charge on any atom is 0.170 e. The number of aryl methyl sites for hydroxylation is 2. The van der Waals surface area contributed by atoms with Crippen LogP contribution >= 0.6 is 34.8 Å². The predicted molar refractivity (Wildman–Crippen MR) is 118 cm³/mol. The van der Waals surface area contributed by atoms with Gasteiger partial charge in [-0.25, -0.2) is 0 Å². The molecular formula is C19H26IN5S. The van der Waals surface area contributed by atoms with Crippen molar-refractivity contribution in [2.24, 2.45) is 0 Å². The van der Waals surface area contributed by atoms with Gasteiger partial charge in [0.2, 0.25) is 0 Å². The van der Waals surface area contributed by atoms with Gasteiger partial charge in [0.25, 0.3) is 0 Å². The Bertz CT molecular complexity index is 774. The van der Waals surface area contributed by atoms with Gasteiger partial charge in [0.1, 0.15) is 0 Å². The number of nitrogens with zero attached hydrogens (tertiary/aromatic N) is 3. The molecule has 1 fully saturated rings. The van der Waals surface area contributed by atoms with Gasteiger partial charge < -0.3 is 20.1 Å². The molecule has 3 heterocycles. The minimum absolute atomic E-state index is 0.0606. The van der Waals surface area contributed by atoms with Gasteiger partial charge in [-0.05, 0) is 87.8 Å². The average molecular weight is 483 g/mol. The molecule has 0 amide bonds. The largest absolute Gasteiger partial charge is 0.362 e. The summed E-state index contributed by atoms with van der Waals surface area (Å²) in [5.74, 6) is 0. The van der Waals surface area contributed by atoms with Gasteiger partial charge in [-0.2, -0.15) is 0 Å². The van der Waals surface area contributed by atoms with Gasteiger partial charge >= 0.3 is 0 Å². The van der Waals surface area contributed by atoms with Crippen molar-refractivity contribution in [2.45, 2.75) is 32.4 Å². The second-order valence-electron chi connectivity index (χ2n) is 7.08. The van der Waals surface area contributed by atoms with Crippen LogP contribution in [0.4, 0.5) is 0 Å². The summed E-state index contributed by atoms with van der Waals surface area (Å²) in [6, 6.07) is 6.29. The number of hydrogen-bond donors (Lipinski definition) is 2. The molecule has 0 radical (unpaired) electrons. The fourth-order valence-electron chi connectivity index (χ4n) is 3.64. The fourth-order valence-corrected chi connectivity index (χ4v) is 4.83. The van der Waals surface area contributed by atoms with Crippen molar-refractivity contribution in [1.82, 2.24) is 25.1 Å². The lowest BCUT2D eigenvalue weighted by Crippen LogP contribution is -2.32. The van der Waals surface area contributed by atoms with Crippen LogP contribution in [0.3, 0.4) is 0 Å². The molecular weight excluding hydrogens is 457 g/mol. The highest BCUT2D eigenvalue weighted by atomic mass is 127. The van der Waals surface area contributed by atoms with Crippen LogP contribution < -0.4 is 5.32 Å². The molecule has 5 nitrogen and oxygen atoms in total. The summed E-state index contributed by atoms with van der Waals surface area (Å²) in [6.45, 7) is 6.25. The average Bonchev–Trinajstić information content (AvgIpc) is 3.04. The molecule has 1 aliphatic rings. The van der Waals surface area contributed by atoms with Crippen molar-refractivity contribution in [3.63, 3.8) is 0 Å². The van der Waals surface area contributed by atoms with Crippen LogP contribution in [0.15, 0.2) is 24.4 Å². The van der Waals surface area contributed by atoms with Crippen molar-refractivity contribution in [3.8, 4) is 0 Å². The normalized spacial score (nSPS) is 20.1. The first-order chi connectivity index (χ1) is 12.4. The summed E-state index contributed by atoms with van der Waals surface area (Å²) in [4.78, 5) is 12.7. The van der Waals surface area contributed by atoms with E-state index in [2.05, 4.69) is 81.7 Å². The number of aromatic amines is 1. The maximum absolute atomic E-state index is 5.73. The molecule has 0 bridgehead atoms. The molecule has 2 atom stereocenters. The number of hydrogen-bond acceptors (Lipinski definition) is 3. The van der Waals surface area contributed by atoms with Crippen molar-refractivity contribution in [2.75, 3.05) is 27.2 Å². The Morgan fingerprint density at radius 3 is 2.62 bits per heavy atom. The molecule has 7 heteroatoms. The van der Waals surface area contributed by atoms with Crippen LogP contribution in [-0.2, 0) is 0 Å². The number of rotatable bonds is 6. The molecule has 2 aromatic rings. The Labute approximate surface area is 174 Å². The van der Waals surface area contributed by atoms with Crippen LogP contribution in [0.1, 0.15) is 41.1 Å². The highest BCUT2D eigenvalue weighted by Gasteiger charge is 2.41. The Hall–Kier alpha value is -1.19. The summed E-state index contributed by atoms with van der Waals surface area (Å²) in [6.07, 6.45) is 2.92. The molecule has 3 rings (SSSR count). The number of nitrogens with one attached hydrogen (secondary N) is 2. The lowest BCUT2D eigenvalue weighted by molar-refractivity contribution is 0.291. The summed E-state index contributed by atoms with van der Waals surface area (Å²) in [5.41, 5.74) is 4.78. The third kappa shape index (κ3) is 3.89. The predicted octanol–water partition coefficient (Wildman–Crippen LogP) is 3.56. The van der Waals surface area contributed by atoms with Crippen LogP contribution in [0.25, 0.3) is 0 Å². The Kier molecular flexibility index (Phi) is 6.19. The summed E-state index contributed by atoms with van der Waals surface area (Å²) >= 11 is 8.18. The molecule has 2 N–H and O–H groups in total. The SMILES string of the molecule is Cc1[nH]c(C)c([C@@H]2[C@@H](c3ccccn3)NC(=S)N2CCCN(C)C)c1I. The Morgan fingerprint density at radius 2 is 2.04 bits per heavy atom. The smallest absolute Gasteiger partial charge is 0.170 e. The van der Waals surface area contributed by atoms with E-state index in [9.17, 15) is 0 Å². The molecule has 0 unspecified atom stereocenters. The van der Waals surface area contributed by atoms with Gasteiger partial charge in [0.05, 0.1) is 17.8 Å². The van der Waals surface area contributed by atoms with Gasteiger partial charge in [-0.15, -0.1) is 0 Å². The van der Waals surface area contributed by atoms with E-state index in [0.717, 1.165) is 30.3 Å². The zero-order valence-corrected chi connectivity index (χ0v) is 18.7. The van der Waals surface area contributed by atoms with Crippen molar-refractivity contribution >= 4 is 39.9 Å². The van der Waals surface area contributed by atoms with E-state index in [1.165, 1.54) is 20.5 Å². The highest BCUT2D eigenvalue weighted by Crippen LogP contribution is 2.42.